The Morgan fingerprint density at radius 1 is 1.06 bits per heavy atom. The van der Waals surface area contributed by atoms with E-state index in [9.17, 15) is 0 Å². The first-order valence-electron chi connectivity index (χ1n) is 11.0. The minimum absolute atomic E-state index is 0.244. The number of piperidine rings is 1. The van der Waals surface area contributed by atoms with Crippen molar-refractivity contribution in [2.45, 2.75) is 32.6 Å². The van der Waals surface area contributed by atoms with Crippen molar-refractivity contribution in [3.63, 3.8) is 0 Å². The predicted molar refractivity (Wildman–Crippen MR) is 120 cm³/mol. The van der Waals surface area contributed by atoms with Gasteiger partial charge in [-0.05, 0) is 23.9 Å². The Kier molecular flexibility index (Phi) is 8.00. The van der Waals surface area contributed by atoms with E-state index in [-0.39, 0.29) is 5.92 Å². The fourth-order valence-electron chi connectivity index (χ4n) is 3.71. The molecule has 2 saturated heterocycles. The molecule has 2 aliphatic heterocycles. The first-order valence-corrected chi connectivity index (χ1v) is 11.7. The molecule has 0 atom stereocenters. The molecular formula is C20H31N7O4S. The molecule has 0 bridgehead atoms. The van der Waals surface area contributed by atoms with Crippen LogP contribution in [0.4, 0.5) is 11.8 Å². The van der Waals surface area contributed by atoms with Crippen molar-refractivity contribution in [1.29, 1.82) is 0 Å². The summed E-state index contributed by atoms with van der Waals surface area (Å²) >= 11 is 1.23. The summed E-state index contributed by atoms with van der Waals surface area (Å²) in [6.07, 6.45) is 5.54. The molecular weight excluding hydrogens is 434 g/mol. The van der Waals surface area contributed by atoms with Crippen LogP contribution >= 0.6 is 12.2 Å². The number of ether oxygens (including phenoxy) is 1. The van der Waals surface area contributed by atoms with Gasteiger partial charge in [-0.25, -0.2) is 19.2 Å². The molecule has 0 spiro atoms. The third kappa shape index (κ3) is 6.00. The van der Waals surface area contributed by atoms with Gasteiger partial charge in [0.2, 0.25) is 11.8 Å². The summed E-state index contributed by atoms with van der Waals surface area (Å²) in [6.45, 7) is 9.96. The zero-order valence-electron chi connectivity index (χ0n) is 18.8. The molecule has 12 heteroatoms. The van der Waals surface area contributed by atoms with Crippen molar-refractivity contribution in [3.05, 3.63) is 18.3 Å². The molecule has 11 nitrogen and oxygen atoms in total. The lowest BCUT2D eigenvalue weighted by Gasteiger charge is -2.33. The topological polar surface area (TPSA) is 102 Å². The molecule has 0 saturated carbocycles. The summed E-state index contributed by atoms with van der Waals surface area (Å²) in [4.78, 5) is 22.5. The van der Waals surface area contributed by atoms with Gasteiger partial charge in [-0.1, -0.05) is 13.8 Å². The van der Waals surface area contributed by atoms with E-state index in [1.807, 2.05) is 0 Å². The van der Waals surface area contributed by atoms with Crippen molar-refractivity contribution < 1.29 is 18.5 Å². The maximum atomic E-state index is 5.92. The van der Waals surface area contributed by atoms with Crippen LogP contribution in [0, 0.1) is 5.92 Å². The van der Waals surface area contributed by atoms with E-state index >= 15 is 0 Å². The number of anilines is 2. The van der Waals surface area contributed by atoms with Gasteiger partial charge >= 0.3 is 0 Å². The van der Waals surface area contributed by atoms with Gasteiger partial charge in [-0.3, -0.25) is 0 Å². The Morgan fingerprint density at radius 3 is 2.47 bits per heavy atom. The summed E-state index contributed by atoms with van der Waals surface area (Å²) < 4.78 is 18.3. The maximum Gasteiger partial charge on any atom is 0.266 e. The molecule has 4 heterocycles. The second-order valence-corrected chi connectivity index (χ2v) is 9.07. The molecule has 2 aromatic heterocycles. The van der Waals surface area contributed by atoms with Gasteiger partial charge in [0.15, 0.2) is 0 Å². The Labute approximate surface area is 192 Å². The van der Waals surface area contributed by atoms with Crippen molar-refractivity contribution in [3.8, 4) is 5.88 Å². The number of aromatic nitrogens is 4. The largest absolute Gasteiger partial charge is 0.476 e. The highest BCUT2D eigenvalue weighted by Gasteiger charge is 2.24. The number of piperazine rings is 1. The van der Waals surface area contributed by atoms with E-state index in [1.165, 1.54) is 19.3 Å². The zero-order valence-corrected chi connectivity index (χ0v) is 19.7. The van der Waals surface area contributed by atoms with Crippen molar-refractivity contribution >= 4 is 24.0 Å². The first-order chi connectivity index (χ1) is 15.6. The molecule has 32 heavy (non-hydrogen) atoms. The van der Waals surface area contributed by atoms with E-state index in [0.29, 0.717) is 30.2 Å². The monoisotopic (exact) mass is 465 g/mol. The summed E-state index contributed by atoms with van der Waals surface area (Å²) in [7, 11) is 1.50. The number of hydrogen-bond acceptors (Lipinski definition) is 12. The Hall–Kier alpha value is -2.15. The van der Waals surface area contributed by atoms with E-state index in [4.69, 9.17) is 13.6 Å². The van der Waals surface area contributed by atoms with Crippen LogP contribution in [0.5, 0.6) is 5.88 Å². The smallest absolute Gasteiger partial charge is 0.266 e. The molecule has 0 radical (unpaired) electrons. The fraction of sp³-hybridized carbons (Fsp3) is 0.700. The Bertz CT molecular complexity index is 822. The van der Waals surface area contributed by atoms with E-state index in [2.05, 4.69) is 52.9 Å². The molecule has 4 rings (SSSR count). The fourth-order valence-corrected chi connectivity index (χ4v) is 4.16. The van der Waals surface area contributed by atoms with Crippen molar-refractivity contribution in [2.75, 3.05) is 62.8 Å². The standard InChI is InChI=1S/C20H31N7O4S/c1-15(2)19-23-20(24-30-19)26-6-4-16(5-7-26)14-29-18-13-21-17(12-22-18)25-8-10-27(11-9-25)32-31-28-3/h12-13,15-16H,4-11,14H2,1-3H3. The van der Waals surface area contributed by atoms with Crippen LogP contribution in [0.3, 0.4) is 0 Å². The SMILES string of the molecule is COOSN1CCN(c2cnc(OCC3CCN(c4noc(C(C)C)n4)CC3)cn2)CC1. The summed E-state index contributed by atoms with van der Waals surface area (Å²) in [5.74, 6) is 3.54. The second-order valence-electron chi connectivity index (χ2n) is 8.27. The molecule has 0 aromatic carbocycles. The predicted octanol–water partition coefficient (Wildman–Crippen LogP) is 2.54. The zero-order chi connectivity index (χ0) is 22.3. The van der Waals surface area contributed by atoms with Crippen LogP contribution in [-0.2, 0) is 9.22 Å². The Morgan fingerprint density at radius 2 is 1.84 bits per heavy atom. The van der Waals surface area contributed by atoms with Crippen LogP contribution in [0.15, 0.2) is 16.9 Å². The van der Waals surface area contributed by atoms with Crippen LogP contribution in [0.1, 0.15) is 38.5 Å². The lowest BCUT2D eigenvalue weighted by molar-refractivity contribution is -0.163. The van der Waals surface area contributed by atoms with Crippen LogP contribution in [0.25, 0.3) is 0 Å². The molecule has 0 N–H and O–H groups in total. The molecule has 176 valence electrons. The van der Waals surface area contributed by atoms with Gasteiger partial charge in [0.1, 0.15) is 18.0 Å². The summed E-state index contributed by atoms with van der Waals surface area (Å²) in [5.41, 5.74) is 0. The highest BCUT2D eigenvalue weighted by atomic mass is 32.2. The minimum Gasteiger partial charge on any atom is -0.476 e. The molecule has 2 aromatic rings. The highest BCUT2D eigenvalue weighted by molar-refractivity contribution is 7.92. The van der Waals surface area contributed by atoms with Gasteiger partial charge in [0.05, 0.1) is 26.1 Å². The van der Waals surface area contributed by atoms with Crippen LogP contribution < -0.4 is 14.5 Å². The molecule has 0 aliphatic carbocycles. The quantitative estimate of drug-likeness (QED) is 0.235. The second kappa shape index (κ2) is 11.1. The number of nitrogens with zero attached hydrogens (tertiary/aromatic N) is 7. The van der Waals surface area contributed by atoms with E-state index in [1.54, 1.807) is 12.4 Å². The van der Waals surface area contributed by atoms with Gasteiger partial charge in [-0.2, -0.15) is 4.98 Å². The average Bonchev–Trinajstić information content (AvgIpc) is 3.33. The maximum absolute atomic E-state index is 5.92. The van der Waals surface area contributed by atoms with Crippen LogP contribution in [-0.4, -0.2) is 77.4 Å². The average molecular weight is 466 g/mol. The molecule has 2 aliphatic rings. The highest BCUT2D eigenvalue weighted by Crippen LogP contribution is 2.24. The third-order valence-corrected chi connectivity index (χ3v) is 6.44. The lowest BCUT2D eigenvalue weighted by atomic mass is 9.98. The third-order valence-electron chi connectivity index (χ3n) is 5.67. The molecule has 0 unspecified atom stereocenters. The van der Waals surface area contributed by atoms with Crippen molar-refractivity contribution in [1.82, 2.24) is 24.4 Å². The van der Waals surface area contributed by atoms with Gasteiger partial charge < -0.3 is 19.1 Å². The number of rotatable bonds is 9. The van der Waals surface area contributed by atoms with E-state index in [0.717, 1.165) is 57.9 Å². The van der Waals surface area contributed by atoms with Crippen LogP contribution in [0.2, 0.25) is 0 Å². The first kappa shape index (κ1) is 23.0. The minimum atomic E-state index is 0.244. The van der Waals surface area contributed by atoms with Crippen molar-refractivity contribution in [2.24, 2.45) is 5.92 Å². The number of hydrogen-bond donors (Lipinski definition) is 0. The summed E-state index contributed by atoms with van der Waals surface area (Å²) in [5, 5.41) is 4.11. The Balaban J connectivity index is 1.18. The van der Waals surface area contributed by atoms with Gasteiger partial charge in [0.25, 0.3) is 5.95 Å². The van der Waals surface area contributed by atoms with Gasteiger partial charge in [-0.15, -0.1) is 4.33 Å². The normalized spacial score (nSPS) is 18.5. The molecule has 0 amide bonds. The molecule has 2 fully saturated rings. The van der Waals surface area contributed by atoms with E-state index < -0.39 is 0 Å². The summed E-state index contributed by atoms with van der Waals surface area (Å²) in [6, 6.07) is 0. The lowest BCUT2D eigenvalue weighted by Crippen LogP contribution is -2.43. The van der Waals surface area contributed by atoms with Gasteiger partial charge in [0, 0.05) is 45.2 Å².